The van der Waals surface area contributed by atoms with Crippen LogP contribution in [0, 0.1) is 0 Å². The average Bonchev–Trinajstić information content (AvgIpc) is 2.29. The number of ether oxygens (including phenoxy) is 1. The summed E-state index contributed by atoms with van der Waals surface area (Å²) in [6.07, 6.45) is 0.631. The molecular formula is C13H23NO5. The number of rotatable bonds is 8. The van der Waals surface area contributed by atoms with Crippen LogP contribution in [0.1, 0.15) is 46.5 Å². The Kier molecular flexibility index (Phi) is 7.98. The first-order valence-electron chi connectivity index (χ1n) is 6.35. The molecule has 0 aromatic carbocycles. The van der Waals surface area contributed by atoms with Crippen LogP contribution in [0.15, 0.2) is 0 Å². The second kappa shape index (κ2) is 8.63. The Morgan fingerprint density at radius 2 is 1.74 bits per heavy atom. The van der Waals surface area contributed by atoms with Crippen molar-refractivity contribution in [2.75, 3.05) is 13.2 Å². The van der Waals surface area contributed by atoms with Crippen molar-refractivity contribution in [3.8, 4) is 0 Å². The van der Waals surface area contributed by atoms with E-state index < -0.39 is 11.6 Å². The molecule has 0 rings (SSSR count). The van der Waals surface area contributed by atoms with Gasteiger partial charge in [0.2, 0.25) is 5.91 Å². The van der Waals surface area contributed by atoms with Crippen LogP contribution in [-0.4, -0.2) is 41.5 Å². The van der Waals surface area contributed by atoms with Gasteiger partial charge >= 0.3 is 5.97 Å². The summed E-state index contributed by atoms with van der Waals surface area (Å²) in [4.78, 5) is 33.9. The van der Waals surface area contributed by atoms with E-state index >= 15 is 0 Å². The molecule has 110 valence electrons. The van der Waals surface area contributed by atoms with E-state index in [1.165, 1.54) is 0 Å². The fourth-order valence-corrected chi connectivity index (χ4v) is 1.26. The summed E-state index contributed by atoms with van der Waals surface area (Å²) in [7, 11) is 0. The van der Waals surface area contributed by atoms with Gasteiger partial charge in [0.15, 0.2) is 5.78 Å². The van der Waals surface area contributed by atoms with Crippen LogP contribution in [0.3, 0.4) is 0 Å². The lowest BCUT2D eigenvalue weighted by Crippen LogP contribution is -2.30. The molecule has 2 N–H and O–H groups in total. The molecule has 0 radical (unpaired) electrons. The molecule has 0 aliphatic carbocycles. The lowest BCUT2D eigenvalue weighted by atomic mass is 10.2. The minimum Gasteiger partial charge on any atom is -0.460 e. The summed E-state index contributed by atoms with van der Waals surface area (Å²) in [5.74, 6) is -0.933. The molecule has 0 spiro atoms. The Hall–Kier alpha value is -1.43. The van der Waals surface area contributed by atoms with E-state index in [1.54, 1.807) is 20.8 Å². The monoisotopic (exact) mass is 273 g/mol. The normalized spacial score (nSPS) is 10.9. The van der Waals surface area contributed by atoms with Crippen LogP contribution in [0.25, 0.3) is 0 Å². The molecule has 0 aromatic rings. The summed E-state index contributed by atoms with van der Waals surface area (Å²) >= 11 is 0. The second-order valence-electron chi connectivity index (χ2n) is 5.23. The number of nitrogens with one attached hydrogen (secondary N) is 1. The van der Waals surface area contributed by atoms with Crippen molar-refractivity contribution in [2.24, 2.45) is 0 Å². The highest BCUT2D eigenvalue weighted by Gasteiger charge is 2.17. The molecule has 6 heteroatoms. The zero-order valence-electron chi connectivity index (χ0n) is 11.8. The van der Waals surface area contributed by atoms with Gasteiger partial charge in [-0.15, -0.1) is 0 Å². The Bertz CT molecular complexity index is 319. The predicted octanol–water partition coefficient (Wildman–Crippen LogP) is 0.566. The van der Waals surface area contributed by atoms with Crippen molar-refractivity contribution in [1.29, 1.82) is 0 Å². The zero-order valence-corrected chi connectivity index (χ0v) is 11.8. The van der Waals surface area contributed by atoms with Crippen LogP contribution in [0.5, 0.6) is 0 Å². The summed E-state index contributed by atoms with van der Waals surface area (Å²) < 4.78 is 5.05. The number of hydrogen-bond donors (Lipinski definition) is 2. The summed E-state index contributed by atoms with van der Waals surface area (Å²) in [6, 6.07) is 0. The minimum absolute atomic E-state index is 0.00218. The van der Waals surface area contributed by atoms with E-state index in [0.29, 0.717) is 6.42 Å². The first-order chi connectivity index (χ1) is 8.74. The molecule has 0 atom stereocenters. The second-order valence-corrected chi connectivity index (χ2v) is 5.23. The van der Waals surface area contributed by atoms with Gasteiger partial charge in [-0.1, -0.05) is 0 Å². The highest BCUT2D eigenvalue weighted by atomic mass is 16.6. The van der Waals surface area contributed by atoms with Gasteiger partial charge in [0, 0.05) is 19.4 Å². The van der Waals surface area contributed by atoms with Crippen LogP contribution < -0.4 is 5.32 Å². The number of amides is 1. The van der Waals surface area contributed by atoms with Gasteiger partial charge in [0.05, 0.1) is 13.0 Å². The van der Waals surface area contributed by atoms with Gasteiger partial charge in [-0.25, -0.2) is 0 Å². The standard InChI is InChI=1S/C13H23NO5/c1-13(2,3)19-12(18)7-6-11(17)14-9-10(16)5-4-8-15/h15H,4-9H2,1-3H3,(H,14,17). The Morgan fingerprint density at radius 1 is 1.11 bits per heavy atom. The number of esters is 1. The minimum atomic E-state index is -0.562. The smallest absolute Gasteiger partial charge is 0.306 e. The van der Waals surface area contributed by atoms with Crippen molar-refractivity contribution >= 4 is 17.7 Å². The Balaban J connectivity index is 3.76. The van der Waals surface area contributed by atoms with Crippen molar-refractivity contribution in [3.05, 3.63) is 0 Å². The molecule has 6 nitrogen and oxygen atoms in total. The third-order valence-electron chi connectivity index (χ3n) is 2.07. The number of ketones is 1. The molecule has 0 bridgehead atoms. The first kappa shape index (κ1) is 17.6. The SMILES string of the molecule is CC(C)(C)OC(=O)CCC(=O)NCC(=O)CCCO. The molecule has 0 aliphatic rings. The third-order valence-corrected chi connectivity index (χ3v) is 2.07. The van der Waals surface area contributed by atoms with E-state index in [4.69, 9.17) is 9.84 Å². The van der Waals surface area contributed by atoms with E-state index in [0.717, 1.165) is 0 Å². The molecule has 0 saturated carbocycles. The van der Waals surface area contributed by atoms with E-state index in [-0.39, 0.29) is 44.1 Å². The lowest BCUT2D eigenvalue weighted by molar-refractivity contribution is -0.155. The molecule has 0 aliphatic heterocycles. The topological polar surface area (TPSA) is 92.7 Å². The van der Waals surface area contributed by atoms with Crippen molar-refractivity contribution in [2.45, 2.75) is 52.1 Å². The van der Waals surface area contributed by atoms with Crippen molar-refractivity contribution < 1.29 is 24.2 Å². The van der Waals surface area contributed by atoms with E-state index in [2.05, 4.69) is 5.32 Å². The summed E-state index contributed by atoms with van der Waals surface area (Å²) in [5, 5.41) is 11.0. The largest absolute Gasteiger partial charge is 0.460 e. The maximum absolute atomic E-state index is 11.4. The molecule has 0 fully saturated rings. The number of aliphatic hydroxyl groups excluding tert-OH is 1. The molecule has 0 saturated heterocycles. The molecule has 0 unspecified atom stereocenters. The fraction of sp³-hybridized carbons (Fsp3) is 0.769. The van der Waals surface area contributed by atoms with Gasteiger partial charge in [-0.05, 0) is 27.2 Å². The summed E-state index contributed by atoms with van der Waals surface area (Å²) in [6.45, 7) is 5.16. The molecular weight excluding hydrogens is 250 g/mol. The summed E-state index contributed by atoms with van der Waals surface area (Å²) in [5.41, 5.74) is -0.562. The van der Waals surface area contributed by atoms with Crippen LogP contribution >= 0.6 is 0 Å². The van der Waals surface area contributed by atoms with Gasteiger partial charge in [-0.2, -0.15) is 0 Å². The fourth-order valence-electron chi connectivity index (χ4n) is 1.26. The number of hydrogen-bond acceptors (Lipinski definition) is 5. The maximum atomic E-state index is 11.4. The average molecular weight is 273 g/mol. The van der Waals surface area contributed by atoms with Gasteiger partial charge in [0.1, 0.15) is 5.60 Å². The number of carbonyl (C=O) groups is 3. The highest BCUT2D eigenvalue weighted by Crippen LogP contribution is 2.08. The van der Waals surface area contributed by atoms with Gasteiger partial charge < -0.3 is 15.2 Å². The maximum Gasteiger partial charge on any atom is 0.306 e. The number of aliphatic hydroxyl groups is 1. The highest BCUT2D eigenvalue weighted by molar-refractivity contribution is 5.87. The number of carbonyl (C=O) groups excluding carboxylic acids is 3. The van der Waals surface area contributed by atoms with Crippen molar-refractivity contribution in [3.63, 3.8) is 0 Å². The molecule has 0 heterocycles. The van der Waals surface area contributed by atoms with Crippen LogP contribution in [0.2, 0.25) is 0 Å². The van der Waals surface area contributed by atoms with Gasteiger partial charge in [0.25, 0.3) is 0 Å². The molecule has 0 aromatic heterocycles. The first-order valence-corrected chi connectivity index (χ1v) is 6.35. The lowest BCUT2D eigenvalue weighted by Gasteiger charge is -2.19. The van der Waals surface area contributed by atoms with Crippen molar-refractivity contribution in [1.82, 2.24) is 5.32 Å². The van der Waals surface area contributed by atoms with Crippen LogP contribution in [-0.2, 0) is 19.1 Å². The predicted molar refractivity (Wildman–Crippen MR) is 69.4 cm³/mol. The Labute approximate surface area is 113 Å². The number of Topliss-reactive ketones (excluding diaryl/α,β-unsaturated/α-hetero) is 1. The zero-order chi connectivity index (χ0) is 14.9. The third kappa shape index (κ3) is 11.4. The quantitative estimate of drug-likeness (QED) is 0.631. The van der Waals surface area contributed by atoms with Crippen LogP contribution in [0.4, 0.5) is 0 Å². The van der Waals surface area contributed by atoms with E-state index in [1.807, 2.05) is 0 Å². The van der Waals surface area contributed by atoms with Gasteiger partial charge in [-0.3, -0.25) is 14.4 Å². The molecule has 1 amide bonds. The molecule has 19 heavy (non-hydrogen) atoms. The van der Waals surface area contributed by atoms with E-state index in [9.17, 15) is 14.4 Å². The Morgan fingerprint density at radius 3 is 2.26 bits per heavy atom.